The second kappa shape index (κ2) is 3.50. The summed E-state index contributed by atoms with van der Waals surface area (Å²) in [5, 5.41) is 17.8. The highest BCUT2D eigenvalue weighted by Gasteiger charge is 2.10. The molecule has 0 radical (unpaired) electrons. The summed E-state index contributed by atoms with van der Waals surface area (Å²) in [6.45, 7) is -2.86. The maximum absolute atomic E-state index is 8.88. The molecule has 0 bridgehead atoms. The molecule has 58 valence electrons. The lowest BCUT2D eigenvalue weighted by molar-refractivity contribution is 0.425. The van der Waals surface area contributed by atoms with Crippen molar-refractivity contribution in [3.63, 3.8) is 0 Å². The lowest BCUT2D eigenvalue weighted by Gasteiger charge is -1.99. The van der Waals surface area contributed by atoms with Crippen LogP contribution in [0.1, 0.15) is 19.4 Å². The number of rotatable bonds is 2. The summed E-state index contributed by atoms with van der Waals surface area (Å²) < 4.78 is 36.0. The van der Waals surface area contributed by atoms with E-state index in [4.69, 9.17) is 16.9 Å². The van der Waals surface area contributed by atoms with Crippen LogP contribution in [0.25, 0.3) is 0 Å². The fourth-order valence-corrected chi connectivity index (χ4v) is 0.676. The Morgan fingerprint density at radius 3 is 3.27 bits per heavy atom. The van der Waals surface area contributed by atoms with Crippen LogP contribution >= 0.6 is 0 Å². The highest BCUT2D eigenvalue weighted by atomic mass is 16.4. The van der Waals surface area contributed by atoms with Gasteiger partial charge in [0.25, 0.3) is 0 Å². The number of nitrogens with zero attached hydrogens (tertiary/aromatic N) is 1. The average Bonchev–Trinajstić information content (AvgIpc) is 2.16. The number of hydrogen-bond acceptors (Lipinski definition) is 3. The zero-order chi connectivity index (χ0) is 12.6. The predicted octanol–water partition coefficient (Wildman–Crippen LogP) is -0.676. The van der Waals surface area contributed by atoms with Crippen molar-refractivity contribution >= 4 is 12.6 Å². The summed E-state index contributed by atoms with van der Waals surface area (Å²) in [6.07, 6.45) is -1.49. The van der Waals surface area contributed by atoms with Crippen LogP contribution in [-0.4, -0.2) is 22.2 Å². The lowest BCUT2D eigenvalue weighted by atomic mass is 9.80. The van der Waals surface area contributed by atoms with E-state index in [0.29, 0.717) is 0 Å². The fraction of sp³-hybridized carbons (Fsp3) is 0.286. The van der Waals surface area contributed by atoms with E-state index >= 15 is 0 Å². The first-order chi connectivity index (χ1) is 7.16. The van der Waals surface area contributed by atoms with Gasteiger partial charge in [0.1, 0.15) is 0 Å². The highest BCUT2D eigenvalue weighted by molar-refractivity contribution is 6.58. The average molecular weight is 156 g/mol. The van der Waals surface area contributed by atoms with Gasteiger partial charge in [-0.05, 0) is 24.0 Å². The molecule has 0 unspecified atom stereocenters. The molecule has 0 fully saturated rings. The maximum Gasteiger partial charge on any atom is 0.488 e. The van der Waals surface area contributed by atoms with Gasteiger partial charge in [-0.1, -0.05) is 6.85 Å². The first kappa shape index (κ1) is 3.69. The Hall–Kier alpha value is -0.865. The molecular formula is C7H10BNO2. The molecule has 0 saturated heterocycles. The zero-order valence-electron chi connectivity index (χ0n) is 10.7. The summed E-state index contributed by atoms with van der Waals surface area (Å²) in [4.78, 5) is 3.60. The summed E-state index contributed by atoms with van der Waals surface area (Å²) in [5.74, 6) is 0. The molecule has 1 heterocycles. The molecule has 11 heavy (non-hydrogen) atoms. The van der Waals surface area contributed by atoms with Gasteiger partial charge >= 0.3 is 7.12 Å². The molecule has 0 saturated carbocycles. The molecule has 3 nitrogen and oxygen atoms in total. The molecule has 0 atom stereocenters. The molecule has 4 heteroatoms. The molecule has 1 rings (SSSR count). The first-order valence-electron chi connectivity index (χ1n) is 5.49. The van der Waals surface area contributed by atoms with E-state index in [2.05, 4.69) is 4.98 Å². The van der Waals surface area contributed by atoms with Crippen LogP contribution in [0.4, 0.5) is 0 Å². The van der Waals surface area contributed by atoms with E-state index in [1.165, 1.54) is 6.07 Å². The van der Waals surface area contributed by atoms with E-state index in [9.17, 15) is 0 Å². The van der Waals surface area contributed by atoms with Gasteiger partial charge in [-0.25, -0.2) is 0 Å². The van der Waals surface area contributed by atoms with Crippen molar-refractivity contribution in [3.05, 3.63) is 24.0 Å². The Kier molecular flexibility index (Phi) is 1.18. The smallest absolute Gasteiger partial charge is 0.423 e. The van der Waals surface area contributed by atoms with Crippen molar-refractivity contribution in [2.24, 2.45) is 0 Å². The van der Waals surface area contributed by atoms with Gasteiger partial charge in [0.2, 0.25) is 0 Å². The fourth-order valence-electron chi connectivity index (χ4n) is 0.676. The Morgan fingerprint density at radius 2 is 2.64 bits per heavy atom. The van der Waals surface area contributed by atoms with Crippen LogP contribution in [0.5, 0.6) is 0 Å². The van der Waals surface area contributed by atoms with Gasteiger partial charge in [0, 0.05) is 18.7 Å². The molecule has 0 aliphatic heterocycles. The highest BCUT2D eigenvalue weighted by Crippen LogP contribution is 1.91. The Bertz CT molecular complexity index is 381. The first-order valence-corrected chi connectivity index (χ1v) is 2.99. The molecule has 0 aliphatic rings. The standard InChI is InChI=1S/C7H10BNO2/c1-2-7-5-6(8(10)11)3-4-9-7/h3-5,10-11H,2H2,1H3/i1D3,2D2. The number of aromatic nitrogens is 1. The third kappa shape index (κ3) is 2.03. The molecule has 1 aromatic rings. The van der Waals surface area contributed by atoms with Crippen molar-refractivity contribution in [3.8, 4) is 0 Å². The Labute approximate surface area is 72.9 Å². The molecule has 0 amide bonds. The summed E-state index contributed by atoms with van der Waals surface area (Å²) in [6, 6.07) is 2.29. The van der Waals surface area contributed by atoms with Crippen molar-refractivity contribution in [1.82, 2.24) is 4.98 Å². The van der Waals surface area contributed by atoms with Gasteiger partial charge in [0.15, 0.2) is 0 Å². The minimum Gasteiger partial charge on any atom is -0.423 e. The number of hydrogen-bond donors (Lipinski definition) is 2. The van der Waals surface area contributed by atoms with Crippen LogP contribution < -0.4 is 5.46 Å². The van der Waals surface area contributed by atoms with Gasteiger partial charge in [-0.3, -0.25) is 4.98 Å². The van der Waals surface area contributed by atoms with E-state index in [0.717, 1.165) is 12.3 Å². The van der Waals surface area contributed by atoms with Crippen molar-refractivity contribution in [1.29, 1.82) is 0 Å². The molecular weight excluding hydrogens is 141 g/mol. The quantitative estimate of drug-likeness (QED) is 0.558. The van der Waals surface area contributed by atoms with Crippen molar-refractivity contribution in [2.45, 2.75) is 13.2 Å². The Morgan fingerprint density at radius 1 is 1.82 bits per heavy atom. The molecule has 0 aliphatic carbocycles. The second-order valence-electron chi connectivity index (χ2n) is 1.97. The topological polar surface area (TPSA) is 53.4 Å². The molecule has 0 aromatic carbocycles. The third-order valence-corrected chi connectivity index (χ3v) is 1.21. The van der Waals surface area contributed by atoms with Crippen LogP contribution in [0.3, 0.4) is 0 Å². The van der Waals surface area contributed by atoms with Gasteiger partial charge < -0.3 is 10.0 Å². The zero-order valence-corrected chi connectivity index (χ0v) is 5.65. The third-order valence-electron chi connectivity index (χ3n) is 1.21. The minimum absolute atomic E-state index is 0.00174. The van der Waals surface area contributed by atoms with E-state index < -0.39 is 20.3 Å². The Balaban J connectivity index is 3.19. The monoisotopic (exact) mass is 156 g/mol. The summed E-state index contributed by atoms with van der Waals surface area (Å²) in [5.41, 5.74) is -0.351. The van der Waals surface area contributed by atoms with Crippen molar-refractivity contribution < 1.29 is 16.9 Å². The number of pyridine rings is 1. The van der Waals surface area contributed by atoms with Crippen LogP contribution in [0.2, 0.25) is 0 Å². The number of aryl methyl sites for hydroxylation is 1. The van der Waals surface area contributed by atoms with E-state index in [-0.39, 0.29) is 11.2 Å². The lowest BCUT2D eigenvalue weighted by Crippen LogP contribution is -2.30. The largest absolute Gasteiger partial charge is 0.488 e. The van der Waals surface area contributed by atoms with Gasteiger partial charge in [-0.2, -0.15) is 0 Å². The van der Waals surface area contributed by atoms with Gasteiger partial charge in [0.05, 0.1) is 0 Å². The SMILES string of the molecule is [2H]C([2H])([2H])C([2H])([2H])c1cc(B(O)O)ccn1. The second-order valence-corrected chi connectivity index (χ2v) is 1.97. The molecule has 2 N–H and O–H groups in total. The normalized spacial score (nSPS) is 18.9. The van der Waals surface area contributed by atoms with Crippen LogP contribution in [-0.2, 0) is 6.37 Å². The van der Waals surface area contributed by atoms with E-state index in [1.54, 1.807) is 0 Å². The minimum atomic E-state index is -2.86. The summed E-state index contributed by atoms with van der Waals surface area (Å²) in [7, 11) is -1.78. The molecule has 0 spiro atoms. The summed E-state index contributed by atoms with van der Waals surface area (Å²) >= 11 is 0. The van der Waals surface area contributed by atoms with Gasteiger partial charge in [-0.15, -0.1) is 0 Å². The van der Waals surface area contributed by atoms with Crippen molar-refractivity contribution in [2.75, 3.05) is 0 Å². The van der Waals surface area contributed by atoms with Crippen LogP contribution in [0, 0.1) is 0 Å². The predicted molar refractivity (Wildman–Crippen MR) is 43.4 cm³/mol. The van der Waals surface area contributed by atoms with E-state index in [1.807, 2.05) is 0 Å². The van der Waals surface area contributed by atoms with Crippen LogP contribution in [0.15, 0.2) is 18.3 Å². The maximum atomic E-state index is 8.88. The molecule has 1 aromatic heterocycles.